The number of hydrogen-bond donors (Lipinski definition) is 1. The molecule has 2 aliphatic heterocycles. The molecular weight excluding hydrogens is 274 g/mol. The van der Waals surface area contributed by atoms with E-state index in [1.54, 1.807) is 0 Å². The number of fused-ring (bicyclic) bond motifs is 3. The van der Waals surface area contributed by atoms with E-state index in [4.69, 9.17) is 9.47 Å². The molecule has 2 aromatic rings. The van der Waals surface area contributed by atoms with Gasteiger partial charge in [-0.15, -0.1) is 0 Å². The number of rotatable bonds is 2. The van der Waals surface area contributed by atoms with Gasteiger partial charge in [-0.3, -0.25) is 0 Å². The van der Waals surface area contributed by atoms with Crippen molar-refractivity contribution in [3.8, 4) is 0 Å². The first-order valence-electron chi connectivity index (χ1n) is 7.92. The standard InChI is InChI=1S/C19H21NO2/c1-12(2)14-8-9-16-15(10-14)18-19(22-11-21-18)17(20-16)13-6-4-3-5-7-13/h3-10,12,17-20H,11H2,1-2H3. The van der Waals surface area contributed by atoms with E-state index in [-0.39, 0.29) is 18.2 Å². The molecule has 0 aliphatic carbocycles. The van der Waals surface area contributed by atoms with Crippen molar-refractivity contribution in [2.75, 3.05) is 12.1 Å². The molecule has 114 valence electrons. The van der Waals surface area contributed by atoms with Crippen LogP contribution in [0.25, 0.3) is 0 Å². The summed E-state index contributed by atoms with van der Waals surface area (Å²) in [5.74, 6) is 0.512. The van der Waals surface area contributed by atoms with Crippen LogP contribution in [0.3, 0.4) is 0 Å². The van der Waals surface area contributed by atoms with Crippen molar-refractivity contribution >= 4 is 5.69 Å². The molecule has 0 saturated carbocycles. The van der Waals surface area contributed by atoms with Crippen molar-refractivity contribution in [1.29, 1.82) is 0 Å². The summed E-state index contributed by atoms with van der Waals surface area (Å²) >= 11 is 0. The molecule has 1 fully saturated rings. The summed E-state index contributed by atoms with van der Waals surface area (Å²) < 4.78 is 11.8. The fraction of sp³-hybridized carbons (Fsp3) is 0.368. The Morgan fingerprint density at radius 2 is 1.86 bits per heavy atom. The van der Waals surface area contributed by atoms with Crippen LogP contribution in [-0.2, 0) is 9.47 Å². The number of anilines is 1. The van der Waals surface area contributed by atoms with Gasteiger partial charge in [-0.25, -0.2) is 0 Å². The summed E-state index contributed by atoms with van der Waals surface area (Å²) in [6.45, 7) is 4.80. The van der Waals surface area contributed by atoms with Crippen molar-refractivity contribution in [2.24, 2.45) is 0 Å². The third-order valence-corrected chi connectivity index (χ3v) is 4.65. The second-order valence-electron chi connectivity index (χ2n) is 6.37. The highest BCUT2D eigenvalue weighted by molar-refractivity contribution is 5.59. The van der Waals surface area contributed by atoms with Gasteiger partial charge in [0.1, 0.15) is 19.0 Å². The maximum Gasteiger partial charge on any atom is 0.148 e. The lowest BCUT2D eigenvalue weighted by atomic mass is 9.86. The van der Waals surface area contributed by atoms with E-state index in [9.17, 15) is 0 Å². The molecule has 0 amide bonds. The highest BCUT2D eigenvalue weighted by Gasteiger charge is 2.42. The van der Waals surface area contributed by atoms with Gasteiger partial charge in [0.25, 0.3) is 0 Å². The Labute approximate surface area is 131 Å². The maximum atomic E-state index is 5.91. The van der Waals surface area contributed by atoms with Crippen LogP contribution in [0.5, 0.6) is 0 Å². The molecule has 0 spiro atoms. The van der Waals surface area contributed by atoms with Gasteiger partial charge in [-0.05, 0) is 23.1 Å². The van der Waals surface area contributed by atoms with E-state index < -0.39 is 0 Å². The monoisotopic (exact) mass is 295 g/mol. The molecule has 0 bridgehead atoms. The third kappa shape index (κ3) is 2.21. The van der Waals surface area contributed by atoms with Crippen molar-refractivity contribution in [2.45, 2.75) is 38.0 Å². The SMILES string of the molecule is CC(C)c1ccc2c(c1)C1OCOC1C(c1ccccc1)N2. The first-order chi connectivity index (χ1) is 10.7. The van der Waals surface area contributed by atoms with Crippen LogP contribution in [0.4, 0.5) is 5.69 Å². The Morgan fingerprint density at radius 1 is 1.05 bits per heavy atom. The average Bonchev–Trinajstić information content (AvgIpc) is 3.04. The van der Waals surface area contributed by atoms with Crippen LogP contribution in [-0.4, -0.2) is 12.9 Å². The van der Waals surface area contributed by atoms with Gasteiger partial charge in [0.05, 0.1) is 6.04 Å². The summed E-state index contributed by atoms with van der Waals surface area (Å²) in [5, 5.41) is 3.65. The topological polar surface area (TPSA) is 30.5 Å². The van der Waals surface area contributed by atoms with Gasteiger partial charge in [0.2, 0.25) is 0 Å². The molecule has 4 rings (SSSR count). The Morgan fingerprint density at radius 3 is 2.64 bits per heavy atom. The predicted molar refractivity (Wildman–Crippen MR) is 86.9 cm³/mol. The summed E-state index contributed by atoms with van der Waals surface area (Å²) in [6, 6.07) is 17.2. The van der Waals surface area contributed by atoms with Crippen LogP contribution in [0.15, 0.2) is 48.5 Å². The lowest BCUT2D eigenvalue weighted by Gasteiger charge is -2.35. The van der Waals surface area contributed by atoms with Crippen molar-refractivity contribution in [1.82, 2.24) is 0 Å². The van der Waals surface area contributed by atoms with E-state index in [0.29, 0.717) is 12.7 Å². The van der Waals surface area contributed by atoms with E-state index in [0.717, 1.165) is 5.69 Å². The lowest BCUT2D eigenvalue weighted by molar-refractivity contribution is 0.0367. The number of ether oxygens (including phenoxy) is 2. The minimum absolute atomic E-state index is 0.0140. The molecule has 3 unspecified atom stereocenters. The van der Waals surface area contributed by atoms with Crippen molar-refractivity contribution < 1.29 is 9.47 Å². The summed E-state index contributed by atoms with van der Waals surface area (Å²) in [7, 11) is 0. The molecular formula is C19H21NO2. The molecule has 3 nitrogen and oxygen atoms in total. The minimum atomic E-state index is 0.0140. The highest BCUT2D eigenvalue weighted by Crippen LogP contribution is 2.46. The largest absolute Gasteiger partial charge is 0.375 e. The zero-order valence-electron chi connectivity index (χ0n) is 13.0. The van der Waals surface area contributed by atoms with Gasteiger partial charge in [0, 0.05) is 11.3 Å². The highest BCUT2D eigenvalue weighted by atomic mass is 16.7. The zero-order valence-corrected chi connectivity index (χ0v) is 13.0. The van der Waals surface area contributed by atoms with Gasteiger partial charge in [0.15, 0.2) is 0 Å². The summed E-state index contributed by atoms with van der Waals surface area (Å²) in [4.78, 5) is 0. The zero-order chi connectivity index (χ0) is 15.1. The third-order valence-electron chi connectivity index (χ3n) is 4.65. The fourth-order valence-electron chi connectivity index (χ4n) is 3.40. The van der Waals surface area contributed by atoms with E-state index in [2.05, 4.69) is 61.6 Å². The van der Waals surface area contributed by atoms with Crippen LogP contribution >= 0.6 is 0 Å². The second kappa shape index (κ2) is 5.41. The first kappa shape index (κ1) is 13.8. The number of benzene rings is 2. The number of nitrogens with one attached hydrogen (secondary N) is 1. The molecule has 1 saturated heterocycles. The lowest BCUT2D eigenvalue weighted by Crippen LogP contribution is -2.34. The summed E-state index contributed by atoms with van der Waals surface area (Å²) in [6.07, 6.45) is 0.0393. The first-order valence-corrected chi connectivity index (χ1v) is 7.92. The molecule has 0 aromatic heterocycles. The molecule has 2 heterocycles. The Bertz CT molecular complexity index is 668. The van der Waals surface area contributed by atoms with Crippen LogP contribution in [0, 0.1) is 0 Å². The van der Waals surface area contributed by atoms with Crippen LogP contribution in [0.1, 0.15) is 48.6 Å². The quantitative estimate of drug-likeness (QED) is 0.891. The predicted octanol–water partition coefficient (Wildman–Crippen LogP) is 4.39. The second-order valence-corrected chi connectivity index (χ2v) is 6.37. The Hall–Kier alpha value is -1.84. The molecule has 2 aliphatic rings. The van der Waals surface area contributed by atoms with E-state index in [1.165, 1.54) is 16.7 Å². The molecule has 2 aromatic carbocycles. The Kier molecular flexibility index (Phi) is 3.40. The average molecular weight is 295 g/mol. The molecule has 22 heavy (non-hydrogen) atoms. The van der Waals surface area contributed by atoms with Crippen molar-refractivity contribution in [3.05, 3.63) is 65.2 Å². The maximum absolute atomic E-state index is 5.91. The van der Waals surface area contributed by atoms with Gasteiger partial charge >= 0.3 is 0 Å². The van der Waals surface area contributed by atoms with Crippen LogP contribution < -0.4 is 5.32 Å². The molecule has 3 heteroatoms. The molecule has 3 atom stereocenters. The fourth-order valence-corrected chi connectivity index (χ4v) is 3.40. The van der Waals surface area contributed by atoms with Crippen LogP contribution in [0.2, 0.25) is 0 Å². The summed E-state index contributed by atoms with van der Waals surface area (Å²) in [5.41, 5.74) is 4.96. The Balaban J connectivity index is 1.76. The van der Waals surface area contributed by atoms with Gasteiger partial charge < -0.3 is 14.8 Å². The van der Waals surface area contributed by atoms with E-state index in [1.807, 2.05) is 6.07 Å². The van der Waals surface area contributed by atoms with Gasteiger partial charge in [-0.1, -0.05) is 56.3 Å². The minimum Gasteiger partial charge on any atom is -0.375 e. The normalized spacial score (nSPS) is 26.4. The van der Waals surface area contributed by atoms with Gasteiger partial charge in [-0.2, -0.15) is 0 Å². The molecule has 1 N–H and O–H groups in total. The smallest absolute Gasteiger partial charge is 0.148 e. The van der Waals surface area contributed by atoms with Crippen molar-refractivity contribution in [3.63, 3.8) is 0 Å². The molecule has 0 radical (unpaired) electrons. The van der Waals surface area contributed by atoms with E-state index >= 15 is 0 Å². The number of hydrogen-bond acceptors (Lipinski definition) is 3.